The second-order valence-corrected chi connectivity index (χ2v) is 7.32. The quantitative estimate of drug-likeness (QED) is 0.854. The molecule has 0 aliphatic heterocycles. The van der Waals surface area contributed by atoms with Crippen molar-refractivity contribution in [3.63, 3.8) is 0 Å². The summed E-state index contributed by atoms with van der Waals surface area (Å²) >= 11 is 1.34. The Bertz CT molecular complexity index is 726. The molecule has 4 nitrogen and oxygen atoms in total. The molecule has 2 rings (SSSR count). The van der Waals surface area contributed by atoms with E-state index in [-0.39, 0.29) is 23.8 Å². The van der Waals surface area contributed by atoms with Gasteiger partial charge in [-0.3, -0.25) is 0 Å². The van der Waals surface area contributed by atoms with E-state index in [9.17, 15) is 12.8 Å². The summed E-state index contributed by atoms with van der Waals surface area (Å²) in [4.78, 5) is 0.917. The zero-order chi connectivity index (χ0) is 15.5. The Morgan fingerprint density at radius 2 is 2.14 bits per heavy atom. The molecule has 0 aliphatic carbocycles. The van der Waals surface area contributed by atoms with E-state index < -0.39 is 10.0 Å². The Morgan fingerprint density at radius 1 is 1.38 bits per heavy atom. The highest BCUT2D eigenvalue weighted by Crippen LogP contribution is 2.26. The molecule has 21 heavy (non-hydrogen) atoms. The lowest BCUT2D eigenvalue weighted by Crippen LogP contribution is -2.27. The van der Waals surface area contributed by atoms with Crippen LogP contribution in [0.25, 0.3) is 0 Å². The lowest BCUT2D eigenvalue weighted by molar-refractivity contribution is 0.580. The van der Waals surface area contributed by atoms with Crippen LogP contribution in [0.15, 0.2) is 34.5 Å². The van der Waals surface area contributed by atoms with E-state index in [4.69, 9.17) is 5.73 Å². The van der Waals surface area contributed by atoms with Crippen LogP contribution in [-0.2, 0) is 23.0 Å². The number of nitrogens with two attached hydrogens (primary N) is 1. The molecular weight excluding hydrogens is 311 g/mol. The highest BCUT2D eigenvalue weighted by molar-refractivity contribution is 7.89. The average Bonchev–Trinajstić information content (AvgIpc) is 2.80. The molecule has 0 saturated carbocycles. The number of hydrogen-bond donors (Lipinski definition) is 2. The number of rotatable bonds is 6. The third-order valence-electron chi connectivity index (χ3n) is 3.04. The van der Waals surface area contributed by atoms with Crippen molar-refractivity contribution in [2.24, 2.45) is 5.73 Å². The fourth-order valence-corrected chi connectivity index (χ4v) is 4.81. The van der Waals surface area contributed by atoms with E-state index in [1.165, 1.54) is 23.5 Å². The number of hydrogen-bond acceptors (Lipinski definition) is 4. The monoisotopic (exact) mass is 328 g/mol. The van der Waals surface area contributed by atoms with Gasteiger partial charge in [0.2, 0.25) is 10.0 Å². The van der Waals surface area contributed by atoms with E-state index in [0.29, 0.717) is 16.9 Å². The lowest BCUT2D eigenvalue weighted by Gasteiger charge is -2.08. The Labute approximate surface area is 127 Å². The molecule has 2 aromatic rings. The first-order valence-electron chi connectivity index (χ1n) is 6.45. The zero-order valence-electron chi connectivity index (χ0n) is 11.6. The van der Waals surface area contributed by atoms with Crippen molar-refractivity contribution in [1.29, 1.82) is 0 Å². The van der Waals surface area contributed by atoms with Crippen LogP contribution in [0, 0.1) is 12.7 Å². The smallest absolute Gasteiger partial charge is 0.241 e. The molecule has 0 bridgehead atoms. The maximum Gasteiger partial charge on any atom is 0.241 e. The summed E-state index contributed by atoms with van der Waals surface area (Å²) in [5.74, 6) is -0.325. The molecule has 0 saturated heterocycles. The number of aryl methyl sites for hydroxylation is 1. The number of nitrogens with one attached hydrogen (secondary N) is 1. The van der Waals surface area contributed by atoms with Crippen LogP contribution < -0.4 is 10.5 Å². The molecule has 1 aromatic carbocycles. The van der Waals surface area contributed by atoms with Gasteiger partial charge in [-0.05, 0) is 42.0 Å². The van der Waals surface area contributed by atoms with Gasteiger partial charge in [-0.25, -0.2) is 17.5 Å². The molecule has 114 valence electrons. The third-order valence-corrected chi connectivity index (χ3v) is 5.98. The number of thiophene rings is 1. The Hall–Kier alpha value is -1.28. The van der Waals surface area contributed by atoms with Gasteiger partial charge in [0.15, 0.2) is 0 Å². The van der Waals surface area contributed by atoms with Gasteiger partial charge in [-0.2, -0.15) is 0 Å². The molecule has 0 aliphatic rings. The second kappa shape index (κ2) is 6.65. The maximum atomic E-state index is 13.1. The fraction of sp³-hybridized carbons (Fsp3) is 0.286. The molecule has 1 aromatic heterocycles. The molecular formula is C14H17FN2O2S2. The van der Waals surface area contributed by atoms with Gasteiger partial charge in [0, 0.05) is 18.0 Å². The summed E-state index contributed by atoms with van der Waals surface area (Å²) in [5, 5.41) is 1.78. The predicted octanol–water partition coefficient (Wildman–Crippen LogP) is 2.18. The van der Waals surface area contributed by atoms with Crippen LogP contribution in [-0.4, -0.2) is 15.0 Å². The molecule has 7 heteroatoms. The van der Waals surface area contributed by atoms with Crippen LogP contribution in [0.5, 0.6) is 0 Å². The van der Waals surface area contributed by atoms with Crippen molar-refractivity contribution in [2.45, 2.75) is 24.8 Å². The predicted molar refractivity (Wildman–Crippen MR) is 82.2 cm³/mol. The van der Waals surface area contributed by atoms with E-state index >= 15 is 0 Å². The summed E-state index contributed by atoms with van der Waals surface area (Å²) in [5.41, 5.74) is 7.02. The van der Waals surface area contributed by atoms with Crippen LogP contribution in [0.3, 0.4) is 0 Å². The van der Waals surface area contributed by atoms with Gasteiger partial charge in [0.1, 0.15) is 10.7 Å². The molecule has 0 atom stereocenters. The van der Waals surface area contributed by atoms with Gasteiger partial charge >= 0.3 is 0 Å². The van der Waals surface area contributed by atoms with Crippen molar-refractivity contribution in [1.82, 2.24) is 4.72 Å². The Morgan fingerprint density at radius 3 is 2.81 bits per heavy atom. The van der Waals surface area contributed by atoms with Crippen LogP contribution in [0.1, 0.15) is 16.0 Å². The fourth-order valence-electron chi connectivity index (χ4n) is 2.08. The normalized spacial score (nSPS) is 11.8. The molecule has 0 radical (unpaired) electrons. The van der Waals surface area contributed by atoms with E-state index in [2.05, 4.69) is 4.72 Å². The first-order chi connectivity index (χ1) is 9.94. The van der Waals surface area contributed by atoms with Crippen LogP contribution in [0.2, 0.25) is 0 Å². The minimum Gasteiger partial charge on any atom is -0.326 e. The number of halogens is 1. The standard InChI is InChI=1S/C14H17FN2O2S2/c1-10-9-20-13(8-16)14(10)21(18,19)17-6-5-11-3-2-4-12(15)7-11/h2-4,7,9,17H,5-6,8,16H2,1H3. The number of sulfonamides is 1. The van der Waals surface area contributed by atoms with Gasteiger partial charge in [-0.15, -0.1) is 11.3 Å². The van der Waals surface area contributed by atoms with Gasteiger partial charge < -0.3 is 5.73 Å². The lowest BCUT2D eigenvalue weighted by atomic mass is 10.1. The highest BCUT2D eigenvalue weighted by Gasteiger charge is 2.21. The molecule has 0 unspecified atom stereocenters. The largest absolute Gasteiger partial charge is 0.326 e. The van der Waals surface area contributed by atoms with Crippen molar-refractivity contribution < 1.29 is 12.8 Å². The van der Waals surface area contributed by atoms with Crippen molar-refractivity contribution >= 4 is 21.4 Å². The third kappa shape index (κ3) is 3.88. The topological polar surface area (TPSA) is 72.2 Å². The first-order valence-corrected chi connectivity index (χ1v) is 8.81. The minimum absolute atomic E-state index is 0.193. The number of benzene rings is 1. The summed E-state index contributed by atoms with van der Waals surface area (Å²) in [6.45, 7) is 2.15. The summed E-state index contributed by atoms with van der Waals surface area (Å²) in [7, 11) is -3.58. The van der Waals surface area contributed by atoms with Gasteiger partial charge in [0.05, 0.1) is 0 Å². The average molecular weight is 328 g/mol. The summed E-state index contributed by atoms with van der Waals surface area (Å²) in [6.07, 6.45) is 0.429. The van der Waals surface area contributed by atoms with E-state index in [0.717, 1.165) is 5.56 Å². The summed E-state index contributed by atoms with van der Waals surface area (Å²) < 4.78 is 40.2. The maximum absolute atomic E-state index is 13.1. The molecule has 0 fully saturated rings. The van der Waals surface area contributed by atoms with E-state index in [1.54, 1.807) is 24.4 Å². The highest BCUT2D eigenvalue weighted by atomic mass is 32.2. The Balaban J connectivity index is 2.06. The van der Waals surface area contributed by atoms with Crippen LogP contribution in [0.4, 0.5) is 4.39 Å². The molecule has 3 N–H and O–H groups in total. The van der Waals surface area contributed by atoms with Crippen molar-refractivity contribution in [2.75, 3.05) is 6.54 Å². The van der Waals surface area contributed by atoms with Crippen LogP contribution >= 0.6 is 11.3 Å². The van der Waals surface area contributed by atoms with E-state index in [1.807, 2.05) is 0 Å². The van der Waals surface area contributed by atoms with Crippen molar-refractivity contribution in [3.8, 4) is 0 Å². The first kappa shape index (κ1) is 16.1. The molecule has 0 spiro atoms. The SMILES string of the molecule is Cc1csc(CN)c1S(=O)(=O)NCCc1cccc(F)c1. The second-order valence-electron chi connectivity index (χ2n) is 4.65. The van der Waals surface area contributed by atoms with Gasteiger partial charge in [-0.1, -0.05) is 12.1 Å². The molecule has 1 heterocycles. The van der Waals surface area contributed by atoms with Gasteiger partial charge in [0.25, 0.3) is 0 Å². The zero-order valence-corrected chi connectivity index (χ0v) is 13.2. The minimum atomic E-state index is -3.58. The van der Waals surface area contributed by atoms with Crippen molar-refractivity contribution in [3.05, 3.63) is 51.5 Å². The molecule has 0 amide bonds. The summed E-state index contributed by atoms with van der Waals surface area (Å²) in [6, 6.07) is 6.12. The Kier molecular flexibility index (Phi) is 5.10.